The van der Waals surface area contributed by atoms with Gasteiger partial charge in [0.25, 0.3) is 0 Å². The van der Waals surface area contributed by atoms with Crippen LogP contribution in [0.5, 0.6) is 0 Å². The Morgan fingerprint density at radius 3 is 2.00 bits per heavy atom. The first-order chi connectivity index (χ1) is 7.18. The molecule has 1 saturated heterocycles. The number of hydrogen-bond acceptors (Lipinski definition) is 3. The van der Waals surface area contributed by atoms with Crippen LogP contribution in [-0.4, -0.2) is 48.4 Å². The van der Waals surface area contributed by atoms with Gasteiger partial charge in [0.15, 0.2) is 0 Å². The van der Waals surface area contributed by atoms with E-state index in [9.17, 15) is 0 Å². The molecule has 1 heterocycles. The Labute approximate surface area is 100 Å². The molecule has 0 aromatic carbocycles. The van der Waals surface area contributed by atoms with Crippen molar-refractivity contribution >= 4 is 0 Å². The maximum absolute atomic E-state index is 5.73. The van der Waals surface area contributed by atoms with Crippen LogP contribution in [0.2, 0.25) is 0 Å². The predicted molar refractivity (Wildman–Crippen MR) is 66.8 cm³/mol. The van der Waals surface area contributed by atoms with E-state index in [1.165, 1.54) is 0 Å². The van der Waals surface area contributed by atoms with Gasteiger partial charge in [-0.05, 0) is 41.5 Å². The van der Waals surface area contributed by atoms with E-state index in [1.807, 2.05) is 0 Å². The van der Waals surface area contributed by atoms with Gasteiger partial charge < -0.3 is 9.47 Å². The number of rotatable bonds is 4. The lowest BCUT2D eigenvalue weighted by atomic mass is 9.99. The highest BCUT2D eigenvalue weighted by Crippen LogP contribution is 2.22. The minimum absolute atomic E-state index is 0.0551. The van der Waals surface area contributed by atoms with Crippen molar-refractivity contribution in [3.05, 3.63) is 0 Å². The van der Waals surface area contributed by atoms with E-state index >= 15 is 0 Å². The van der Waals surface area contributed by atoms with Crippen molar-refractivity contribution in [2.24, 2.45) is 0 Å². The highest BCUT2D eigenvalue weighted by Gasteiger charge is 2.34. The van der Waals surface area contributed by atoms with Crippen molar-refractivity contribution in [3.63, 3.8) is 0 Å². The molecule has 0 unspecified atom stereocenters. The normalized spacial score (nSPS) is 19.9. The molecule has 3 heteroatoms. The first-order valence-corrected chi connectivity index (χ1v) is 6.19. The number of likely N-dealkylation sites (tertiary alicyclic amines) is 1. The van der Waals surface area contributed by atoms with Crippen LogP contribution in [0.1, 0.15) is 41.5 Å². The first-order valence-electron chi connectivity index (χ1n) is 6.19. The highest BCUT2D eigenvalue weighted by atomic mass is 16.5. The van der Waals surface area contributed by atoms with Gasteiger partial charge in [-0.2, -0.15) is 0 Å². The van der Waals surface area contributed by atoms with Crippen LogP contribution in [-0.2, 0) is 9.47 Å². The monoisotopic (exact) mass is 229 g/mol. The first kappa shape index (κ1) is 13.9. The lowest BCUT2D eigenvalue weighted by molar-refractivity contribution is -0.111. The molecule has 0 atom stereocenters. The zero-order chi connectivity index (χ0) is 12.4. The third-order valence-electron chi connectivity index (χ3n) is 2.77. The van der Waals surface area contributed by atoms with Crippen molar-refractivity contribution in [2.45, 2.75) is 58.8 Å². The van der Waals surface area contributed by atoms with Gasteiger partial charge in [-0.15, -0.1) is 0 Å². The average molecular weight is 229 g/mol. The molecule has 0 N–H and O–H groups in total. The third-order valence-corrected chi connectivity index (χ3v) is 2.77. The number of ether oxygens (including phenoxy) is 2. The van der Waals surface area contributed by atoms with Crippen molar-refractivity contribution in [3.8, 4) is 0 Å². The van der Waals surface area contributed by atoms with Crippen molar-refractivity contribution < 1.29 is 9.47 Å². The van der Waals surface area contributed by atoms with Crippen LogP contribution < -0.4 is 0 Å². The Kier molecular flexibility index (Phi) is 4.38. The summed E-state index contributed by atoms with van der Waals surface area (Å²) in [5.41, 5.74) is 0.224. The molecule has 16 heavy (non-hydrogen) atoms. The molecule has 96 valence electrons. The van der Waals surface area contributed by atoms with Crippen LogP contribution in [0.3, 0.4) is 0 Å². The van der Waals surface area contributed by atoms with Crippen molar-refractivity contribution in [2.75, 3.05) is 26.3 Å². The molecule has 1 fully saturated rings. The molecule has 0 amide bonds. The Morgan fingerprint density at radius 2 is 1.56 bits per heavy atom. The second-order valence-electron chi connectivity index (χ2n) is 6.53. The molecule has 0 aromatic heterocycles. The summed E-state index contributed by atoms with van der Waals surface area (Å²) in [5, 5.41) is 0. The Hall–Kier alpha value is -0.120. The Morgan fingerprint density at radius 1 is 1.00 bits per heavy atom. The zero-order valence-corrected chi connectivity index (χ0v) is 11.7. The van der Waals surface area contributed by atoms with Crippen molar-refractivity contribution in [1.29, 1.82) is 0 Å². The number of nitrogens with zero attached hydrogens (tertiary/aromatic N) is 1. The van der Waals surface area contributed by atoms with E-state index in [4.69, 9.17) is 9.47 Å². The highest BCUT2D eigenvalue weighted by molar-refractivity contribution is 4.89. The van der Waals surface area contributed by atoms with Gasteiger partial charge in [-0.1, -0.05) is 0 Å². The van der Waals surface area contributed by atoms with Crippen LogP contribution >= 0.6 is 0 Å². The quantitative estimate of drug-likeness (QED) is 0.690. The molecule has 0 aromatic rings. The van der Waals surface area contributed by atoms with Gasteiger partial charge in [0.2, 0.25) is 0 Å². The van der Waals surface area contributed by atoms with E-state index in [1.54, 1.807) is 0 Å². The Balaban J connectivity index is 2.02. The Bertz CT molecular complexity index is 209. The SMILES string of the molecule is CC(C)(C)OCCOC1CN(C(C)(C)C)C1. The molecule has 0 spiro atoms. The van der Waals surface area contributed by atoms with Crippen LogP contribution in [0.25, 0.3) is 0 Å². The van der Waals surface area contributed by atoms with Gasteiger partial charge >= 0.3 is 0 Å². The summed E-state index contributed by atoms with van der Waals surface area (Å²) in [5.74, 6) is 0. The minimum Gasteiger partial charge on any atom is -0.373 e. The average Bonchev–Trinajstić information content (AvgIpc) is 1.95. The third kappa shape index (κ3) is 4.81. The van der Waals surface area contributed by atoms with Gasteiger partial charge in [0.1, 0.15) is 0 Å². The van der Waals surface area contributed by atoms with E-state index in [-0.39, 0.29) is 11.1 Å². The molecule has 0 bridgehead atoms. The summed E-state index contributed by atoms with van der Waals surface area (Å²) in [6.07, 6.45) is 0.405. The van der Waals surface area contributed by atoms with Crippen molar-refractivity contribution in [1.82, 2.24) is 4.90 Å². The second-order valence-corrected chi connectivity index (χ2v) is 6.53. The summed E-state index contributed by atoms with van der Waals surface area (Å²) >= 11 is 0. The smallest absolute Gasteiger partial charge is 0.0830 e. The van der Waals surface area contributed by atoms with E-state index < -0.39 is 0 Å². The summed E-state index contributed by atoms with van der Waals surface area (Å²) in [6, 6.07) is 0. The minimum atomic E-state index is -0.0551. The lowest BCUT2D eigenvalue weighted by Gasteiger charge is -2.47. The maximum Gasteiger partial charge on any atom is 0.0830 e. The van der Waals surface area contributed by atoms with Crippen LogP contribution in [0.4, 0.5) is 0 Å². The van der Waals surface area contributed by atoms with E-state index in [0.717, 1.165) is 13.1 Å². The zero-order valence-electron chi connectivity index (χ0n) is 11.7. The lowest BCUT2D eigenvalue weighted by Crippen LogP contribution is -2.59. The van der Waals surface area contributed by atoms with Gasteiger partial charge in [0.05, 0.1) is 24.9 Å². The summed E-state index contributed by atoms with van der Waals surface area (Å²) in [6.45, 7) is 16.4. The molecule has 1 aliphatic heterocycles. The summed E-state index contributed by atoms with van der Waals surface area (Å²) in [7, 11) is 0. The molecule has 1 rings (SSSR count). The van der Waals surface area contributed by atoms with Gasteiger partial charge in [0, 0.05) is 18.6 Å². The maximum atomic E-state index is 5.73. The molecule has 0 aliphatic carbocycles. The van der Waals surface area contributed by atoms with Gasteiger partial charge in [-0.3, -0.25) is 4.90 Å². The predicted octanol–water partition coefficient (Wildman–Crippen LogP) is 2.30. The van der Waals surface area contributed by atoms with Crippen LogP contribution in [0.15, 0.2) is 0 Å². The molecular formula is C13H27NO2. The fourth-order valence-corrected chi connectivity index (χ4v) is 1.65. The van der Waals surface area contributed by atoms with E-state index in [2.05, 4.69) is 46.4 Å². The largest absolute Gasteiger partial charge is 0.373 e. The summed E-state index contributed by atoms with van der Waals surface area (Å²) < 4.78 is 11.3. The fourth-order valence-electron chi connectivity index (χ4n) is 1.65. The fraction of sp³-hybridized carbons (Fsp3) is 1.00. The standard InChI is InChI=1S/C13H27NO2/c1-12(2,3)14-9-11(10-14)15-7-8-16-13(4,5)6/h11H,7-10H2,1-6H3. The topological polar surface area (TPSA) is 21.7 Å². The molecule has 0 radical (unpaired) electrons. The van der Waals surface area contributed by atoms with E-state index in [0.29, 0.717) is 19.3 Å². The molecule has 1 aliphatic rings. The second kappa shape index (κ2) is 5.03. The molecule has 3 nitrogen and oxygen atoms in total. The number of hydrogen-bond donors (Lipinski definition) is 0. The molecule has 0 saturated carbocycles. The van der Waals surface area contributed by atoms with Gasteiger partial charge in [-0.25, -0.2) is 0 Å². The van der Waals surface area contributed by atoms with Crippen LogP contribution in [0, 0.1) is 0 Å². The molecular weight excluding hydrogens is 202 g/mol. The summed E-state index contributed by atoms with van der Waals surface area (Å²) in [4.78, 5) is 2.43.